The summed E-state index contributed by atoms with van der Waals surface area (Å²) >= 11 is 0. The number of benzene rings is 1. The van der Waals surface area contributed by atoms with Crippen LogP contribution in [0.3, 0.4) is 0 Å². The summed E-state index contributed by atoms with van der Waals surface area (Å²) in [5.74, 6) is -0.518. The first-order valence-corrected chi connectivity index (χ1v) is 7.47. The van der Waals surface area contributed by atoms with Gasteiger partial charge in [-0.25, -0.2) is 0 Å². The van der Waals surface area contributed by atoms with Gasteiger partial charge in [0.05, 0.1) is 6.42 Å². The molecule has 2 rings (SSSR count). The third-order valence-electron chi connectivity index (χ3n) is 3.93. The number of nitrogens with one attached hydrogen (secondary N) is 1. The number of carbonyl (C=O) groups is 1. The number of rotatable bonds is 5. The maximum absolute atomic E-state index is 12.1. The third-order valence-corrected chi connectivity index (χ3v) is 3.93. The number of likely N-dealkylation sites (tertiary alicyclic amines) is 1. The van der Waals surface area contributed by atoms with Crippen LogP contribution in [0.1, 0.15) is 31.7 Å². The van der Waals surface area contributed by atoms with Crippen molar-refractivity contribution in [3.8, 4) is 0 Å². The van der Waals surface area contributed by atoms with Crippen LogP contribution in [0.25, 0.3) is 0 Å². The first-order chi connectivity index (χ1) is 10.3. The minimum Gasteiger partial charge on any atom is -0.352 e. The molecule has 0 saturated carbocycles. The quantitative estimate of drug-likeness (QED) is 0.906. The molecule has 1 aromatic rings. The van der Waals surface area contributed by atoms with Crippen molar-refractivity contribution in [3.63, 3.8) is 0 Å². The fourth-order valence-electron chi connectivity index (χ4n) is 2.80. The highest BCUT2D eigenvalue weighted by Gasteiger charge is 2.31. The van der Waals surface area contributed by atoms with Gasteiger partial charge in [-0.15, -0.1) is 0 Å². The van der Waals surface area contributed by atoms with Gasteiger partial charge in [-0.3, -0.25) is 9.69 Å². The molecule has 6 heteroatoms. The molecular formula is C16H21F3N2O. The Labute approximate surface area is 128 Å². The highest BCUT2D eigenvalue weighted by atomic mass is 19.4. The Balaban J connectivity index is 1.79. The molecule has 0 aliphatic carbocycles. The van der Waals surface area contributed by atoms with Gasteiger partial charge in [-0.2, -0.15) is 13.2 Å². The summed E-state index contributed by atoms with van der Waals surface area (Å²) in [6.45, 7) is 3.54. The lowest BCUT2D eigenvalue weighted by atomic mass is 10.1. The van der Waals surface area contributed by atoms with Gasteiger partial charge in [0.15, 0.2) is 0 Å². The second kappa shape index (κ2) is 7.13. The molecule has 1 saturated heterocycles. The molecule has 1 heterocycles. The molecule has 1 aliphatic rings. The third kappa shape index (κ3) is 5.33. The zero-order chi connectivity index (χ0) is 16.2. The van der Waals surface area contributed by atoms with Gasteiger partial charge >= 0.3 is 6.18 Å². The maximum Gasteiger partial charge on any atom is 0.389 e. The number of halogens is 3. The molecule has 1 amide bonds. The second-order valence-electron chi connectivity index (χ2n) is 5.88. The van der Waals surface area contributed by atoms with Crippen LogP contribution >= 0.6 is 0 Å². The molecule has 122 valence electrons. The van der Waals surface area contributed by atoms with E-state index in [4.69, 9.17) is 0 Å². The lowest BCUT2D eigenvalue weighted by Gasteiger charge is -2.20. The molecule has 2 atom stereocenters. The van der Waals surface area contributed by atoms with E-state index in [0.717, 1.165) is 13.0 Å². The van der Waals surface area contributed by atoms with Gasteiger partial charge in [0.1, 0.15) is 0 Å². The molecule has 1 N–H and O–H groups in total. The molecular weight excluding hydrogens is 293 g/mol. The summed E-state index contributed by atoms with van der Waals surface area (Å²) in [5, 5.41) is 2.72. The van der Waals surface area contributed by atoms with E-state index >= 15 is 0 Å². The maximum atomic E-state index is 12.1. The van der Waals surface area contributed by atoms with Gasteiger partial charge in [-0.05, 0) is 18.9 Å². The van der Waals surface area contributed by atoms with E-state index in [9.17, 15) is 18.0 Å². The molecule has 0 spiro atoms. The van der Waals surface area contributed by atoms with E-state index in [-0.39, 0.29) is 6.04 Å². The minimum absolute atomic E-state index is 0.0700. The Bertz CT molecular complexity index is 490. The van der Waals surface area contributed by atoms with Gasteiger partial charge in [-0.1, -0.05) is 30.3 Å². The molecule has 0 unspecified atom stereocenters. The molecule has 3 nitrogen and oxygen atoms in total. The molecule has 22 heavy (non-hydrogen) atoms. The summed E-state index contributed by atoms with van der Waals surface area (Å²) in [5.41, 5.74) is 1.19. The number of alkyl halides is 3. The first kappa shape index (κ1) is 16.8. The van der Waals surface area contributed by atoms with E-state index in [1.807, 2.05) is 30.3 Å². The Morgan fingerprint density at radius 1 is 1.32 bits per heavy atom. The number of hydrogen-bond donors (Lipinski definition) is 1. The first-order valence-electron chi connectivity index (χ1n) is 7.47. The van der Waals surface area contributed by atoms with Crippen LogP contribution in [0.4, 0.5) is 13.2 Å². The molecule has 0 aromatic heterocycles. The van der Waals surface area contributed by atoms with Gasteiger partial charge in [0.25, 0.3) is 0 Å². The van der Waals surface area contributed by atoms with Crippen molar-refractivity contribution >= 4 is 5.91 Å². The van der Waals surface area contributed by atoms with E-state index in [1.165, 1.54) is 5.56 Å². The van der Waals surface area contributed by atoms with Crippen LogP contribution in [-0.2, 0) is 11.3 Å². The smallest absolute Gasteiger partial charge is 0.352 e. The molecule has 1 fully saturated rings. The highest BCUT2D eigenvalue weighted by molar-refractivity contribution is 5.76. The topological polar surface area (TPSA) is 32.3 Å². The van der Waals surface area contributed by atoms with Crippen LogP contribution in [0.5, 0.6) is 0 Å². The lowest BCUT2D eigenvalue weighted by Crippen LogP contribution is -2.37. The lowest BCUT2D eigenvalue weighted by molar-refractivity contribution is -0.144. The van der Waals surface area contributed by atoms with Crippen LogP contribution in [0.15, 0.2) is 30.3 Å². The Hall–Kier alpha value is -1.56. The molecule has 0 radical (unpaired) electrons. The van der Waals surface area contributed by atoms with Gasteiger partial charge in [0, 0.05) is 31.6 Å². The summed E-state index contributed by atoms with van der Waals surface area (Å²) in [6.07, 6.45) is -5.06. The standard InChI is InChI=1S/C16H21F3N2O/c1-12-9-14(20-15(22)7-8-16(17,18)19)11-21(12)10-13-5-3-2-4-6-13/h2-6,12,14H,7-11H2,1H3,(H,20,22)/t12-,14-/m1/s1. The summed E-state index contributed by atoms with van der Waals surface area (Å²) in [6, 6.07) is 10.2. The summed E-state index contributed by atoms with van der Waals surface area (Å²) < 4.78 is 36.3. The number of carbonyl (C=O) groups excluding carboxylic acids is 1. The number of nitrogens with zero attached hydrogens (tertiary/aromatic N) is 1. The largest absolute Gasteiger partial charge is 0.389 e. The van der Waals surface area contributed by atoms with Gasteiger partial charge < -0.3 is 5.32 Å². The second-order valence-corrected chi connectivity index (χ2v) is 5.88. The monoisotopic (exact) mass is 314 g/mol. The predicted octanol–water partition coefficient (Wildman–Crippen LogP) is 3.11. The van der Waals surface area contributed by atoms with Crippen molar-refractivity contribution < 1.29 is 18.0 Å². The fourth-order valence-corrected chi connectivity index (χ4v) is 2.80. The highest BCUT2D eigenvalue weighted by Crippen LogP contribution is 2.22. The van der Waals surface area contributed by atoms with Crippen LogP contribution < -0.4 is 5.32 Å². The zero-order valence-corrected chi connectivity index (χ0v) is 12.6. The normalized spacial score (nSPS) is 22.7. The SMILES string of the molecule is C[C@@H]1C[C@@H](NC(=O)CCC(F)(F)F)CN1Cc1ccccc1. The Morgan fingerprint density at radius 2 is 2.00 bits per heavy atom. The zero-order valence-electron chi connectivity index (χ0n) is 12.6. The average molecular weight is 314 g/mol. The Kier molecular flexibility index (Phi) is 5.45. The van der Waals surface area contributed by atoms with E-state index < -0.39 is 24.9 Å². The summed E-state index contributed by atoms with van der Waals surface area (Å²) in [7, 11) is 0. The van der Waals surface area contributed by atoms with Crippen molar-refractivity contribution in [2.75, 3.05) is 6.54 Å². The number of amides is 1. The predicted molar refractivity (Wildman–Crippen MR) is 78.2 cm³/mol. The summed E-state index contributed by atoms with van der Waals surface area (Å²) in [4.78, 5) is 13.8. The van der Waals surface area contributed by atoms with Crippen molar-refractivity contribution in [1.82, 2.24) is 10.2 Å². The fraction of sp³-hybridized carbons (Fsp3) is 0.562. The van der Waals surface area contributed by atoms with Crippen LogP contribution in [0.2, 0.25) is 0 Å². The van der Waals surface area contributed by atoms with Crippen molar-refractivity contribution in [1.29, 1.82) is 0 Å². The average Bonchev–Trinajstić information content (AvgIpc) is 2.77. The molecule has 1 aromatic carbocycles. The van der Waals surface area contributed by atoms with Crippen LogP contribution in [0, 0.1) is 0 Å². The van der Waals surface area contributed by atoms with Gasteiger partial charge in [0.2, 0.25) is 5.91 Å². The van der Waals surface area contributed by atoms with Crippen LogP contribution in [-0.4, -0.2) is 35.6 Å². The van der Waals surface area contributed by atoms with E-state index in [2.05, 4.69) is 17.1 Å². The number of hydrogen-bond acceptors (Lipinski definition) is 2. The minimum atomic E-state index is -4.28. The van der Waals surface area contributed by atoms with E-state index in [1.54, 1.807) is 0 Å². The van der Waals surface area contributed by atoms with Crippen molar-refractivity contribution in [3.05, 3.63) is 35.9 Å². The Morgan fingerprint density at radius 3 is 2.64 bits per heavy atom. The molecule has 1 aliphatic heterocycles. The van der Waals surface area contributed by atoms with Crippen molar-refractivity contribution in [2.24, 2.45) is 0 Å². The molecule has 0 bridgehead atoms. The van der Waals surface area contributed by atoms with E-state index in [0.29, 0.717) is 12.6 Å². The van der Waals surface area contributed by atoms with Crippen molar-refractivity contribution in [2.45, 2.75) is 51.0 Å².